The van der Waals surface area contributed by atoms with Crippen LogP contribution in [0.2, 0.25) is 5.02 Å². The average molecular weight is 324 g/mol. The van der Waals surface area contributed by atoms with Crippen molar-refractivity contribution >= 4 is 27.3 Å². The van der Waals surface area contributed by atoms with Gasteiger partial charge in [0.2, 0.25) is 0 Å². The molecule has 2 rings (SSSR count). The van der Waals surface area contributed by atoms with Crippen LogP contribution >= 0.6 is 11.6 Å². The van der Waals surface area contributed by atoms with Crippen molar-refractivity contribution < 1.29 is 8.42 Å². The Morgan fingerprint density at radius 2 is 1.76 bits per heavy atom. The number of hydrogen-bond acceptors (Lipinski definition) is 2. The summed E-state index contributed by atoms with van der Waals surface area (Å²) in [6, 6.07) is 13.8. The molecular formula is C16H18ClNO2S. The first kappa shape index (κ1) is 15.9. The molecule has 0 bridgehead atoms. The third-order valence-electron chi connectivity index (χ3n) is 3.12. The highest BCUT2D eigenvalue weighted by molar-refractivity contribution is 7.92. The molecule has 0 spiro atoms. The van der Waals surface area contributed by atoms with Crippen molar-refractivity contribution in [3.05, 3.63) is 59.1 Å². The number of rotatable bonds is 5. The fraction of sp³-hybridized carbons (Fsp3) is 0.250. The third kappa shape index (κ3) is 3.57. The first-order valence-corrected chi connectivity index (χ1v) is 8.62. The molecule has 5 heteroatoms. The van der Waals surface area contributed by atoms with Gasteiger partial charge in [-0.05, 0) is 55.3 Å². The van der Waals surface area contributed by atoms with Gasteiger partial charge in [0.05, 0.1) is 10.6 Å². The molecule has 0 aliphatic carbocycles. The van der Waals surface area contributed by atoms with E-state index < -0.39 is 10.0 Å². The highest BCUT2D eigenvalue weighted by Crippen LogP contribution is 2.25. The molecular weight excluding hydrogens is 306 g/mol. The molecule has 0 aliphatic heterocycles. The van der Waals surface area contributed by atoms with E-state index in [0.29, 0.717) is 17.3 Å². The number of aryl methyl sites for hydroxylation is 1. The van der Waals surface area contributed by atoms with Crippen LogP contribution in [0.5, 0.6) is 0 Å². The first-order chi connectivity index (χ1) is 9.95. The van der Waals surface area contributed by atoms with E-state index in [2.05, 4.69) is 0 Å². The van der Waals surface area contributed by atoms with Crippen LogP contribution in [0.25, 0.3) is 0 Å². The molecule has 0 aliphatic rings. The van der Waals surface area contributed by atoms with E-state index in [1.54, 1.807) is 12.1 Å². The topological polar surface area (TPSA) is 37.4 Å². The van der Waals surface area contributed by atoms with Gasteiger partial charge in [-0.1, -0.05) is 30.7 Å². The fourth-order valence-corrected chi connectivity index (χ4v) is 3.78. The minimum atomic E-state index is -3.58. The van der Waals surface area contributed by atoms with Crippen molar-refractivity contribution in [3.63, 3.8) is 0 Å². The largest absolute Gasteiger partial charge is 0.266 e. The summed E-state index contributed by atoms with van der Waals surface area (Å²) in [5.41, 5.74) is 1.71. The summed E-state index contributed by atoms with van der Waals surface area (Å²) < 4.78 is 27.1. The number of benzene rings is 2. The van der Waals surface area contributed by atoms with Gasteiger partial charge in [-0.25, -0.2) is 8.42 Å². The molecule has 3 nitrogen and oxygen atoms in total. The molecule has 0 radical (unpaired) electrons. The van der Waals surface area contributed by atoms with Crippen molar-refractivity contribution in [2.75, 3.05) is 10.8 Å². The lowest BCUT2D eigenvalue weighted by Gasteiger charge is -2.24. The summed E-state index contributed by atoms with van der Waals surface area (Å²) in [7, 11) is -3.58. The Labute approximate surface area is 131 Å². The summed E-state index contributed by atoms with van der Waals surface area (Å²) in [5, 5.41) is 0.520. The van der Waals surface area contributed by atoms with Crippen LogP contribution in [0.15, 0.2) is 53.4 Å². The monoisotopic (exact) mass is 323 g/mol. The number of nitrogens with zero attached hydrogens (tertiary/aromatic N) is 1. The van der Waals surface area contributed by atoms with E-state index in [1.807, 2.05) is 38.1 Å². The second kappa shape index (κ2) is 6.50. The highest BCUT2D eigenvalue weighted by atomic mass is 35.5. The maximum Gasteiger partial charge on any atom is 0.264 e. The zero-order chi connectivity index (χ0) is 15.5. The number of sulfonamides is 1. The average Bonchev–Trinajstić information content (AvgIpc) is 2.45. The van der Waals surface area contributed by atoms with E-state index in [9.17, 15) is 8.42 Å². The molecule has 0 unspecified atom stereocenters. The van der Waals surface area contributed by atoms with Crippen LogP contribution in [-0.4, -0.2) is 15.0 Å². The summed E-state index contributed by atoms with van der Waals surface area (Å²) in [6.45, 7) is 4.34. The molecule has 0 N–H and O–H groups in total. The molecule has 0 aromatic heterocycles. The molecule has 2 aromatic carbocycles. The second-order valence-corrected chi connectivity index (χ2v) is 7.17. The lowest BCUT2D eigenvalue weighted by Crippen LogP contribution is -2.31. The Bertz CT molecular complexity index is 711. The Hall–Kier alpha value is -1.52. The SMILES string of the molecule is CCCN(c1cccc(C)c1)S(=O)(=O)c1ccc(Cl)cc1. The van der Waals surface area contributed by atoms with Crippen molar-refractivity contribution in [1.82, 2.24) is 0 Å². The van der Waals surface area contributed by atoms with Gasteiger partial charge in [-0.2, -0.15) is 0 Å². The van der Waals surface area contributed by atoms with E-state index in [0.717, 1.165) is 12.0 Å². The minimum absolute atomic E-state index is 0.252. The van der Waals surface area contributed by atoms with E-state index >= 15 is 0 Å². The van der Waals surface area contributed by atoms with Crippen LogP contribution < -0.4 is 4.31 Å². The van der Waals surface area contributed by atoms with Crippen LogP contribution in [0.3, 0.4) is 0 Å². The lowest BCUT2D eigenvalue weighted by molar-refractivity contribution is 0.590. The van der Waals surface area contributed by atoms with Crippen LogP contribution in [0.4, 0.5) is 5.69 Å². The number of halogens is 1. The summed E-state index contributed by atoms with van der Waals surface area (Å²) in [4.78, 5) is 0.252. The zero-order valence-corrected chi connectivity index (χ0v) is 13.7. The lowest BCUT2D eigenvalue weighted by atomic mass is 10.2. The molecule has 112 valence electrons. The smallest absolute Gasteiger partial charge is 0.264 e. The molecule has 0 amide bonds. The molecule has 2 aromatic rings. The predicted octanol–water partition coefficient (Wildman–Crippen LogP) is 4.25. The number of hydrogen-bond donors (Lipinski definition) is 0. The summed E-state index contributed by atoms with van der Waals surface area (Å²) in [6.07, 6.45) is 0.737. The molecule has 0 saturated heterocycles. The van der Waals surface area contributed by atoms with Crippen LogP contribution in [-0.2, 0) is 10.0 Å². The molecule has 21 heavy (non-hydrogen) atoms. The first-order valence-electron chi connectivity index (χ1n) is 6.80. The van der Waals surface area contributed by atoms with Gasteiger partial charge in [0.15, 0.2) is 0 Å². The maximum absolute atomic E-state index is 12.8. The standard InChI is InChI=1S/C16H18ClNO2S/c1-3-11-18(15-6-4-5-13(2)12-15)21(19,20)16-9-7-14(17)8-10-16/h4-10,12H,3,11H2,1-2H3. The van der Waals surface area contributed by atoms with Gasteiger partial charge in [0.1, 0.15) is 0 Å². The predicted molar refractivity (Wildman–Crippen MR) is 87.5 cm³/mol. The quantitative estimate of drug-likeness (QED) is 0.824. The van der Waals surface area contributed by atoms with Crippen molar-refractivity contribution in [1.29, 1.82) is 0 Å². The van der Waals surface area contributed by atoms with Gasteiger partial charge >= 0.3 is 0 Å². The Kier molecular flexibility index (Phi) is 4.91. The molecule has 0 heterocycles. The van der Waals surface area contributed by atoms with Gasteiger partial charge in [0.25, 0.3) is 10.0 Å². The van der Waals surface area contributed by atoms with Crippen molar-refractivity contribution in [3.8, 4) is 0 Å². The summed E-state index contributed by atoms with van der Waals surface area (Å²) in [5.74, 6) is 0. The third-order valence-corrected chi connectivity index (χ3v) is 5.21. The Morgan fingerprint density at radius 1 is 1.10 bits per heavy atom. The van der Waals surface area contributed by atoms with Crippen LogP contribution in [0, 0.1) is 6.92 Å². The number of anilines is 1. The maximum atomic E-state index is 12.8. The summed E-state index contributed by atoms with van der Waals surface area (Å²) >= 11 is 5.83. The normalized spacial score (nSPS) is 11.4. The molecule has 0 saturated carbocycles. The van der Waals surface area contributed by atoms with Gasteiger partial charge in [-0.3, -0.25) is 4.31 Å². The second-order valence-electron chi connectivity index (χ2n) is 4.87. The van der Waals surface area contributed by atoms with E-state index in [1.165, 1.54) is 16.4 Å². The van der Waals surface area contributed by atoms with Gasteiger partial charge in [0, 0.05) is 11.6 Å². The van der Waals surface area contributed by atoms with E-state index in [-0.39, 0.29) is 4.90 Å². The minimum Gasteiger partial charge on any atom is -0.266 e. The van der Waals surface area contributed by atoms with E-state index in [4.69, 9.17) is 11.6 Å². The van der Waals surface area contributed by atoms with Crippen molar-refractivity contribution in [2.45, 2.75) is 25.2 Å². The van der Waals surface area contributed by atoms with Crippen LogP contribution in [0.1, 0.15) is 18.9 Å². The highest BCUT2D eigenvalue weighted by Gasteiger charge is 2.24. The van der Waals surface area contributed by atoms with Crippen molar-refractivity contribution in [2.24, 2.45) is 0 Å². The van der Waals surface area contributed by atoms with Gasteiger partial charge < -0.3 is 0 Å². The molecule has 0 atom stereocenters. The fourth-order valence-electron chi connectivity index (χ4n) is 2.11. The Balaban J connectivity index is 2.48. The molecule has 0 fully saturated rings. The Morgan fingerprint density at radius 3 is 2.33 bits per heavy atom. The zero-order valence-electron chi connectivity index (χ0n) is 12.1. The van der Waals surface area contributed by atoms with Gasteiger partial charge in [-0.15, -0.1) is 0 Å².